The predicted molar refractivity (Wildman–Crippen MR) is 236 cm³/mol. The Balaban J connectivity index is 1.02. The van der Waals surface area contributed by atoms with Crippen LogP contribution >= 0.6 is 0 Å². The van der Waals surface area contributed by atoms with E-state index < -0.39 is 0 Å². The molecule has 4 aromatic heterocycles. The average Bonchev–Trinajstić information content (AvgIpc) is 3.70. The van der Waals surface area contributed by atoms with Crippen LogP contribution in [-0.4, -0.2) is 29.9 Å². The van der Waals surface area contributed by atoms with Gasteiger partial charge in [0, 0.05) is 39.6 Å². The topological polar surface area (TPSA) is 90.5 Å². The lowest BCUT2D eigenvalue weighted by Crippen LogP contribution is -2.00. The van der Waals surface area contributed by atoms with Crippen molar-refractivity contribution in [2.45, 2.75) is 0 Å². The highest BCUT2D eigenvalue weighted by molar-refractivity contribution is 6.07. The van der Waals surface area contributed by atoms with Crippen LogP contribution in [0.1, 0.15) is 0 Å². The van der Waals surface area contributed by atoms with Crippen LogP contribution in [0.3, 0.4) is 0 Å². The molecule has 0 atom stereocenters. The number of hydrogen-bond acceptors (Lipinski definition) is 7. The number of rotatable bonds is 7. The van der Waals surface area contributed by atoms with E-state index in [1.165, 1.54) is 0 Å². The second kappa shape index (κ2) is 14.4. The molecule has 0 unspecified atom stereocenters. The quantitative estimate of drug-likeness (QED) is 0.160. The first kappa shape index (κ1) is 34.1. The minimum absolute atomic E-state index is 0.522. The van der Waals surface area contributed by atoms with E-state index in [-0.39, 0.29) is 0 Å². The first-order valence-electron chi connectivity index (χ1n) is 19.4. The third-order valence-electron chi connectivity index (χ3n) is 10.6. The summed E-state index contributed by atoms with van der Waals surface area (Å²) >= 11 is 0. The van der Waals surface area contributed by atoms with Gasteiger partial charge in [-0.15, -0.1) is 0 Å². The van der Waals surface area contributed by atoms with Gasteiger partial charge >= 0.3 is 0 Å². The van der Waals surface area contributed by atoms with Crippen LogP contribution in [0.4, 0.5) is 0 Å². The van der Waals surface area contributed by atoms with Gasteiger partial charge in [0.1, 0.15) is 11.2 Å². The Morgan fingerprint density at radius 3 is 1.41 bits per heavy atom. The van der Waals surface area contributed by atoms with Crippen molar-refractivity contribution < 1.29 is 4.42 Å². The SMILES string of the molecule is c1ccc(-c2cnc3oc4c(-c5ccc(-c6cccc7c(-c8nc(-c9ccccc9)nc(-c9ccccc9)n8)cccc67)cc5)nc(-c5ccccc5)nc4c3c2)cc1. The van der Waals surface area contributed by atoms with Crippen LogP contribution in [0.25, 0.3) is 112 Å². The van der Waals surface area contributed by atoms with E-state index in [1.54, 1.807) is 0 Å². The maximum Gasteiger partial charge on any atom is 0.229 e. The zero-order valence-corrected chi connectivity index (χ0v) is 31.6. The smallest absolute Gasteiger partial charge is 0.229 e. The Morgan fingerprint density at radius 2 is 0.814 bits per heavy atom. The lowest BCUT2D eigenvalue weighted by atomic mass is 9.94. The largest absolute Gasteiger partial charge is 0.434 e. The van der Waals surface area contributed by atoms with Crippen LogP contribution in [0.5, 0.6) is 0 Å². The van der Waals surface area contributed by atoms with Gasteiger partial charge in [0.25, 0.3) is 0 Å². The summed E-state index contributed by atoms with van der Waals surface area (Å²) in [5.41, 5.74) is 11.4. The lowest BCUT2D eigenvalue weighted by Gasteiger charge is -2.13. The van der Waals surface area contributed by atoms with E-state index >= 15 is 0 Å². The molecule has 4 heterocycles. The summed E-state index contributed by atoms with van der Waals surface area (Å²) in [5.74, 6) is 2.50. The number of hydrogen-bond donors (Lipinski definition) is 0. The van der Waals surface area contributed by atoms with Crippen molar-refractivity contribution in [1.82, 2.24) is 29.9 Å². The molecule has 11 aromatic rings. The lowest BCUT2D eigenvalue weighted by molar-refractivity contribution is 0.653. The highest BCUT2D eigenvalue weighted by Crippen LogP contribution is 2.39. The summed E-state index contributed by atoms with van der Waals surface area (Å²) in [7, 11) is 0. The average molecular weight is 757 g/mol. The molecule has 0 aliphatic rings. The molecule has 59 heavy (non-hydrogen) atoms. The van der Waals surface area contributed by atoms with Gasteiger partial charge in [-0.1, -0.05) is 182 Å². The van der Waals surface area contributed by atoms with Crippen molar-refractivity contribution in [3.05, 3.63) is 194 Å². The molecule has 7 nitrogen and oxygen atoms in total. The maximum absolute atomic E-state index is 6.47. The van der Waals surface area contributed by atoms with Crippen LogP contribution < -0.4 is 0 Å². The first-order chi connectivity index (χ1) is 29.2. The van der Waals surface area contributed by atoms with Crippen molar-refractivity contribution in [1.29, 1.82) is 0 Å². The fourth-order valence-corrected chi connectivity index (χ4v) is 7.72. The first-order valence-corrected chi connectivity index (χ1v) is 19.4. The van der Waals surface area contributed by atoms with Gasteiger partial charge in [-0.2, -0.15) is 0 Å². The summed E-state index contributed by atoms with van der Waals surface area (Å²) < 4.78 is 6.47. The highest BCUT2D eigenvalue weighted by Gasteiger charge is 2.20. The summed E-state index contributed by atoms with van der Waals surface area (Å²) in [5, 5.41) is 2.98. The van der Waals surface area contributed by atoms with Gasteiger partial charge in [-0.3, -0.25) is 0 Å². The van der Waals surface area contributed by atoms with Gasteiger partial charge in [-0.25, -0.2) is 29.9 Å². The molecule has 0 saturated carbocycles. The Kier molecular flexibility index (Phi) is 8.33. The van der Waals surface area contributed by atoms with E-state index in [0.29, 0.717) is 40.3 Å². The van der Waals surface area contributed by atoms with Crippen molar-refractivity contribution in [3.8, 4) is 79.1 Å². The Hall–Kier alpha value is -8.16. The molecular formula is C52H32N6O. The normalized spacial score (nSPS) is 11.4. The number of fused-ring (bicyclic) bond motifs is 4. The van der Waals surface area contributed by atoms with Crippen LogP contribution in [0.15, 0.2) is 199 Å². The predicted octanol–water partition coefficient (Wildman–Crippen LogP) is 12.8. The second-order valence-corrected chi connectivity index (χ2v) is 14.3. The van der Waals surface area contributed by atoms with Crippen LogP contribution in [-0.2, 0) is 0 Å². The van der Waals surface area contributed by atoms with E-state index in [9.17, 15) is 0 Å². The second-order valence-electron chi connectivity index (χ2n) is 14.3. The molecule has 0 fully saturated rings. The molecule has 0 N–H and O–H groups in total. The molecule has 0 spiro atoms. The van der Waals surface area contributed by atoms with Crippen molar-refractivity contribution in [3.63, 3.8) is 0 Å². The number of nitrogens with zero attached hydrogens (tertiary/aromatic N) is 6. The van der Waals surface area contributed by atoms with E-state index in [1.807, 2.05) is 115 Å². The van der Waals surface area contributed by atoms with Crippen molar-refractivity contribution >= 4 is 33.0 Å². The van der Waals surface area contributed by atoms with Gasteiger partial charge in [0.15, 0.2) is 28.9 Å². The third kappa shape index (κ3) is 6.27. The highest BCUT2D eigenvalue weighted by atomic mass is 16.3. The Bertz CT molecular complexity index is 3240. The van der Waals surface area contributed by atoms with Gasteiger partial charge in [0.05, 0.1) is 5.39 Å². The third-order valence-corrected chi connectivity index (χ3v) is 10.6. The summed E-state index contributed by atoms with van der Waals surface area (Å²) in [4.78, 5) is 29.9. The molecule has 0 aliphatic carbocycles. The maximum atomic E-state index is 6.47. The standard InChI is InChI=1S/C52H32N6O/c1-5-15-33(16-6-1)39-31-44-46-47(59-52(44)53-32-39)45(54-48(55-46)36-17-7-2-8-18-36)35-29-27-34(28-30-35)40-23-13-25-42-41(40)24-14-26-43(42)51-57-49(37-19-9-3-10-20-37)56-50(58-51)38-21-11-4-12-22-38/h1-32H. The Labute approximate surface area is 339 Å². The fourth-order valence-electron chi connectivity index (χ4n) is 7.72. The van der Waals surface area contributed by atoms with Crippen molar-refractivity contribution in [2.75, 3.05) is 0 Å². The van der Waals surface area contributed by atoms with E-state index in [0.717, 1.165) is 71.7 Å². The zero-order valence-electron chi connectivity index (χ0n) is 31.6. The number of pyridine rings is 1. The molecular weight excluding hydrogens is 725 g/mol. The summed E-state index contributed by atoms with van der Waals surface area (Å²) in [6, 6.07) is 63.7. The molecule has 0 aliphatic heterocycles. The summed E-state index contributed by atoms with van der Waals surface area (Å²) in [6.45, 7) is 0. The monoisotopic (exact) mass is 756 g/mol. The van der Waals surface area contributed by atoms with Gasteiger partial charge in [0.2, 0.25) is 5.71 Å². The molecule has 0 saturated heterocycles. The molecule has 276 valence electrons. The molecule has 7 aromatic carbocycles. The summed E-state index contributed by atoms with van der Waals surface area (Å²) in [6.07, 6.45) is 1.85. The molecule has 0 radical (unpaired) electrons. The molecule has 7 heteroatoms. The van der Waals surface area contributed by atoms with Crippen LogP contribution in [0.2, 0.25) is 0 Å². The zero-order chi connectivity index (χ0) is 39.1. The minimum atomic E-state index is 0.522. The molecule has 0 amide bonds. The van der Waals surface area contributed by atoms with E-state index in [2.05, 4.69) is 78.9 Å². The molecule has 0 bridgehead atoms. The molecule has 11 rings (SSSR count). The number of aromatic nitrogens is 6. The number of benzene rings is 7. The Morgan fingerprint density at radius 1 is 0.322 bits per heavy atom. The number of furan rings is 1. The van der Waals surface area contributed by atoms with Crippen molar-refractivity contribution in [2.24, 2.45) is 0 Å². The van der Waals surface area contributed by atoms with Crippen LogP contribution in [0, 0.1) is 0 Å². The van der Waals surface area contributed by atoms with Gasteiger partial charge < -0.3 is 4.42 Å². The fraction of sp³-hybridized carbons (Fsp3) is 0. The minimum Gasteiger partial charge on any atom is -0.434 e. The van der Waals surface area contributed by atoms with E-state index in [4.69, 9.17) is 34.3 Å². The van der Waals surface area contributed by atoms with Gasteiger partial charge in [-0.05, 0) is 33.5 Å².